The van der Waals surface area contributed by atoms with Crippen molar-refractivity contribution < 1.29 is 13.6 Å². The van der Waals surface area contributed by atoms with Crippen molar-refractivity contribution in [2.45, 2.75) is 38.0 Å². The number of piperidine rings is 1. The molecule has 0 unspecified atom stereocenters. The third-order valence-electron chi connectivity index (χ3n) is 7.60. The van der Waals surface area contributed by atoms with E-state index in [1.807, 2.05) is 11.0 Å². The molecule has 4 nitrogen and oxygen atoms in total. The molecular weight excluding hydrogens is 492 g/mol. The molecule has 7 heteroatoms. The maximum absolute atomic E-state index is 13.5. The number of amides is 1. The molecule has 37 heavy (non-hydrogen) atoms. The molecule has 1 spiro atoms. The first-order chi connectivity index (χ1) is 17.6. The monoisotopic (exact) mass is 521 g/mol. The van der Waals surface area contributed by atoms with E-state index in [0.717, 1.165) is 50.7 Å². The highest BCUT2D eigenvalue weighted by molar-refractivity contribution is 6.29. The normalized spacial score (nSPS) is 17.5. The van der Waals surface area contributed by atoms with Crippen molar-refractivity contribution in [3.8, 4) is 0 Å². The van der Waals surface area contributed by atoms with Crippen molar-refractivity contribution in [2.75, 3.05) is 31.1 Å². The number of pyridine rings is 1. The minimum atomic E-state index is -2.82. The Morgan fingerprint density at radius 1 is 1.11 bits per heavy atom. The van der Waals surface area contributed by atoms with Crippen molar-refractivity contribution >= 4 is 29.3 Å². The van der Waals surface area contributed by atoms with Gasteiger partial charge in [-0.15, -0.1) is 0 Å². The van der Waals surface area contributed by atoms with E-state index in [2.05, 4.69) is 41.1 Å². The van der Waals surface area contributed by atoms with Gasteiger partial charge in [-0.1, -0.05) is 65.7 Å². The third kappa shape index (κ3) is 5.32. The Labute approximate surface area is 221 Å². The van der Waals surface area contributed by atoms with Crippen LogP contribution in [0.2, 0.25) is 5.15 Å². The maximum atomic E-state index is 13.5. The molecule has 2 aliphatic rings. The molecular formula is C30H30ClF2N3O. The van der Waals surface area contributed by atoms with Crippen molar-refractivity contribution in [3.63, 3.8) is 0 Å². The van der Waals surface area contributed by atoms with Crippen molar-refractivity contribution in [2.24, 2.45) is 0 Å². The van der Waals surface area contributed by atoms with E-state index in [1.165, 1.54) is 23.3 Å². The highest BCUT2D eigenvalue weighted by Gasteiger charge is 2.46. The Hall–Kier alpha value is -3.09. The Morgan fingerprint density at radius 2 is 1.84 bits per heavy atom. The van der Waals surface area contributed by atoms with E-state index >= 15 is 0 Å². The van der Waals surface area contributed by atoms with Gasteiger partial charge < -0.3 is 4.90 Å². The fraction of sp³-hybridized carbons (Fsp3) is 0.333. The first-order valence-electron chi connectivity index (χ1n) is 12.6. The standard InChI is InChI=1S/C30H30ClF2N3O/c1-21-5-10-26-25(18-21)30(20-36(26)28(37)23-11-14-34-27(31)19-23)12-16-35(17-13-30)15-3-4-22-6-8-24(9-7-22)29(2,32)33/h3-11,14,18-19H,12-13,15-17,20H2,1-2H3/b4-3+. The van der Waals surface area contributed by atoms with Gasteiger partial charge in [0.2, 0.25) is 0 Å². The summed E-state index contributed by atoms with van der Waals surface area (Å²) in [4.78, 5) is 21.8. The number of hydrogen-bond donors (Lipinski definition) is 0. The number of aryl methyl sites for hydroxylation is 1. The molecule has 1 fully saturated rings. The number of benzene rings is 2. The van der Waals surface area contributed by atoms with Crippen molar-refractivity contribution in [3.05, 3.63) is 99.8 Å². The quantitative estimate of drug-likeness (QED) is 0.344. The summed E-state index contributed by atoms with van der Waals surface area (Å²) in [5.74, 6) is -2.88. The lowest BCUT2D eigenvalue weighted by atomic mass is 9.74. The van der Waals surface area contributed by atoms with E-state index in [-0.39, 0.29) is 16.9 Å². The van der Waals surface area contributed by atoms with Crippen LogP contribution in [0, 0.1) is 6.92 Å². The number of aromatic nitrogens is 1. The van der Waals surface area contributed by atoms with Crippen LogP contribution in [0.4, 0.5) is 14.5 Å². The number of likely N-dealkylation sites (tertiary alicyclic amines) is 1. The lowest BCUT2D eigenvalue weighted by Gasteiger charge is -2.39. The van der Waals surface area contributed by atoms with Gasteiger partial charge in [-0.3, -0.25) is 9.69 Å². The second kappa shape index (κ2) is 9.99. The largest absolute Gasteiger partial charge is 0.307 e. The average molecular weight is 522 g/mol. The smallest absolute Gasteiger partial charge is 0.270 e. The summed E-state index contributed by atoms with van der Waals surface area (Å²) in [6.45, 7) is 6.29. The minimum absolute atomic E-state index is 0.0256. The molecule has 1 amide bonds. The van der Waals surface area contributed by atoms with Gasteiger partial charge in [0.25, 0.3) is 11.8 Å². The van der Waals surface area contributed by atoms with Crippen LogP contribution in [0.3, 0.4) is 0 Å². The van der Waals surface area contributed by atoms with Crippen LogP contribution in [0.15, 0.2) is 66.9 Å². The SMILES string of the molecule is Cc1ccc2c(c1)C1(CCN(C/C=C/c3ccc(C(C)(F)F)cc3)CC1)CN2C(=O)c1ccnc(Cl)c1. The van der Waals surface area contributed by atoms with Crippen LogP contribution in [0.5, 0.6) is 0 Å². The molecule has 2 aliphatic heterocycles. The number of halogens is 3. The van der Waals surface area contributed by atoms with Crippen LogP contribution in [-0.2, 0) is 11.3 Å². The lowest BCUT2D eigenvalue weighted by molar-refractivity contribution is 0.0174. The second-order valence-electron chi connectivity index (χ2n) is 10.3. The highest BCUT2D eigenvalue weighted by atomic mass is 35.5. The molecule has 1 saturated heterocycles. The number of nitrogens with zero attached hydrogens (tertiary/aromatic N) is 3. The number of fused-ring (bicyclic) bond motifs is 2. The molecule has 0 saturated carbocycles. The molecule has 3 aromatic rings. The fourth-order valence-corrected chi connectivity index (χ4v) is 5.65. The number of alkyl halides is 2. The maximum Gasteiger partial charge on any atom is 0.270 e. The Balaban J connectivity index is 1.27. The van der Waals surface area contributed by atoms with Gasteiger partial charge in [-0.25, -0.2) is 13.8 Å². The lowest BCUT2D eigenvalue weighted by Crippen LogP contribution is -2.46. The molecule has 0 radical (unpaired) electrons. The van der Waals surface area contributed by atoms with Crippen LogP contribution < -0.4 is 4.90 Å². The van der Waals surface area contributed by atoms with Crippen molar-refractivity contribution in [1.29, 1.82) is 0 Å². The number of rotatable bonds is 5. The summed E-state index contributed by atoms with van der Waals surface area (Å²) in [5.41, 5.74) is 4.83. The van der Waals surface area contributed by atoms with Gasteiger partial charge in [0.05, 0.1) is 0 Å². The molecule has 192 valence electrons. The number of anilines is 1. The Kier molecular flexibility index (Phi) is 6.90. The molecule has 0 bridgehead atoms. The van der Waals surface area contributed by atoms with Gasteiger partial charge in [-0.2, -0.15) is 0 Å². The molecule has 0 atom stereocenters. The van der Waals surface area contributed by atoms with E-state index in [4.69, 9.17) is 11.6 Å². The van der Waals surface area contributed by atoms with E-state index < -0.39 is 5.92 Å². The third-order valence-corrected chi connectivity index (χ3v) is 7.81. The van der Waals surface area contributed by atoms with Gasteiger partial charge in [0, 0.05) is 48.4 Å². The van der Waals surface area contributed by atoms with Gasteiger partial charge in [0.15, 0.2) is 0 Å². The number of hydrogen-bond acceptors (Lipinski definition) is 3. The average Bonchev–Trinajstić information content (AvgIpc) is 3.17. The van der Waals surface area contributed by atoms with Gasteiger partial charge in [0.1, 0.15) is 5.15 Å². The predicted molar refractivity (Wildman–Crippen MR) is 144 cm³/mol. The number of carbonyl (C=O) groups excluding carboxylic acids is 1. The molecule has 0 aliphatic carbocycles. The predicted octanol–water partition coefficient (Wildman–Crippen LogP) is 6.86. The summed E-state index contributed by atoms with van der Waals surface area (Å²) in [7, 11) is 0. The Bertz CT molecular complexity index is 1330. The second-order valence-corrected chi connectivity index (χ2v) is 10.7. The first kappa shape index (κ1) is 25.6. The Morgan fingerprint density at radius 3 is 2.51 bits per heavy atom. The molecule has 3 heterocycles. The minimum Gasteiger partial charge on any atom is -0.307 e. The van der Waals surface area contributed by atoms with Gasteiger partial charge in [-0.05, 0) is 62.2 Å². The fourth-order valence-electron chi connectivity index (χ4n) is 5.47. The zero-order chi connectivity index (χ0) is 26.2. The molecule has 0 N–H and O–H groups in total. The summed E-state index contributed by atoms with van der Waals surface area (Å²) >= 11 is 6.06. The van der Waals surface area contributed by atoms with Crippen LogP contribution in [0.25, 0.3) is 6.08 Å². The van der Waals surface area contributed by atoms with E-state index in [9.17, 15) is 13.6 Å². The van der Waals surface area contributed by atoms with E-state index in [1.54, 1.807) is 30.5 Å². The topological polar surface area (TPSA) is 36.4 Å². The van der Waals surface area contributed by atoms with Crippen LogP contribution >= 0.6 is 11.6 Å². The van der Waals surface area contributed by atoms with Crippen molar-refractivity contribution in [1.82, 2.24) is 9.88 Å². The summed E-state index contributed by atoms with van der Waals surface area (Å²) in [6.07, 6.45) is 7.55. The molecule has 5 rings (SSSR count). The van der Waals surface area contributed by atoms with Gasteiger partial charge >= 0.3 is 0 Å². The molecule has 2 aromatic carbocycles. The summed E-state index contributed by atoms with van der Waals surface area (Å²) < 4.78 is 26.9. The summed E-state index contributed by atoms with van der Waals surface area (Å²) in [5, 5.41) is 0.310. The molecule has 1 aromatic heterocycles. The van der Waals surface area contributed by atoms with E-state index in [0.29, 0.717) is 17.3 Å². The highest BCUT2D eigenvalue weighted by Crippen LogP contribution is 2.47. The van der Waals surface area contributed by atoms with Crippen LogP contribution in [-0.4, -0.2) is 42.0 Å². The summed E-state index contributed by atoms with van der Waals surface area (Å²) in [6, 6.07) is 16.1. The first-order valence-corrected chi connectivity index (χ1v) is 12.9. The zero-order valence-electron chi connectivity index (χ0n) is 21.1. The zero-order valence-corrected chi connectivity index (χ0v) is 21.8. The number of carbonyl (C=O) groups is 1. The van der Waals surface area contributed by atoms with Crippen LogP contribution in [0.1, 0.15) is 52.4 Å².